The van der Waals surface area contributed by atoms with Crippen LogP contribution in [0.4, 0.5) is 22.0 Å². The van der Waals surface area contributed by atoms with Crippen LogP contribution in [0.2, 0.25) is 0 Å². The summed E-state index contributed by atoms with van der Waals surface area (Å²) in [5.41, 5.74) is 0. The highest BCUT2D eigenvalue weighted by atomic mass is 31.2. The summed E-state index contributed by atoms with van der Waals surface area (Å²) in [7, 11) is -4.64. The highest BCUT2D eigenvalue weighted by Crippen LogP contribution is 2.30. The van der Waals surface area contributed by atoms with Gasteiger partial charge in [0, 0.05) is 0 Å². The molecule has 11 heteroatoms. The topological polar surface area (TPSA) is 87.0 Å². The van der Waals surface area contributed by atoms with E-state index in [0.717, 1.165) is 25.7 Å². The monoisotopic (exact) mass is 442 g/mol. The number of hydrogen-bond donors (Lipinski definition) is 3. The van der Waals surface area contributed by atoms with Crippen LogP contribution in [-0.4, -0.2) is 27.5 Å². The molecule has 0 aliphatic heterocycles. The Kier molecular flexibility index (Phi) is 18.1. The Hall–Kier alpha value is -0.700. The predicted octanol–water partition coefficient (Wildman–Crippen LogP) is 6.45. The second kappa shape index (κ2) is 17.2. The van der Waals surface area contributed by atoms with Gasteiger partial charge in [0.05, 0.1) is 6.61 Å². The van der Waals surface area contributed by atoms with Gasteiger partial charge < -0.3 is 19.4 Å². The van der Waals surface area contributed by atoms with Gasteiger partial charge >= 0.3 is 20.0 Å². The van der Waals surface area contributed by atoms with Crippen molar-refractivity contribution in [1.82, 2.24) is 0 Å². The predicted molar refractivity (Wildman–Crippen MR) is 96.6 cm³/mol. The molecule has 0 aromatic carbocycles. The molecule has 0 atom stereocenters. The molecule has 0 bridgehead atoms. The maximum Gasteiger partial charge on any atom is 0.466 e. The quantitative estimate of drug-likeness (QED) is 0.125. The minimum atomic E-state index is -5.32. The van der Waals surface area contributed by atoms with Crippen molar-refractivity contribution in [3.63, 3.8) is 0 Å². The highest BCUT2D eigenvalue weighted by molar-refractivity contribution is 7.45. The van der Waals surface area contributed by atoms with Gasteiger partial charge in [-0.1, -0.05) is 77.6 Å². The van der Waals surface area contributed by atoms with Gasteiger partial charge in [0.2, 0.25) is 0 Å². The maximum absolute atomic E-state index is 12.7. The summed E-state index contributed by atoms with van der Waals surface area (Å²) in [5.74, 6) is -2.79. The van der Waals surface area contributed by atoms with E-state index in [1.165, 1.54) is 44.9 Å². The summed E-state index contributed by atoms with van der Waals surface area (Å²) < 4.78 is 73.5. The number of hydrogen-bond acceptors (Lipinski definition) is 2. The lowest BCUT2D eigenvalue weighted by Crippen LogP contribution is -2.11. The van der Waals surface area contributed by atoms with Crippen LogP contribution < -0.4 is 0 Å². The van der Waals surface area contributed by atoms with Crippen molar-refractivity contribution < 1.29 is 45.9 Å². The van der Waals surface area contributed by atoms with E-state index in [1.807, 2.05) is 0 Å². The molecule has 0 saturated heterocycles. The van der Waals surface area contributed by atoms with Crippen molar-refractivity contribution >= 4 is 7.82 Å². The first kappa shape index (κ1) is 29.5. The first-order chi connectivity index (χ1) is 12.9. The average Bonchev–Trinajstić information content (AvgIpc) is 2.55. The van der Waals surface area contributed by atoms with E-state index in [2.05, 4.69) is 11.7 Å². The number of rotatable bonds is 14. The first-order valence-electron chi connectivity index (χ1n) is 9.43. The fourth-order valence-corrected chi connectivity index (χ4v) is 2.28. The number of alkyl halides is 3. The molecule has 0 aromatic heterocycles. The van der Waals surface area contributed by atoms with E-state index in [9.17, 15) is 22.0 Å². The van der Waals surface area contributed by atoms with Crippen LogP contribution in [0.1, 0.15) is 84.0 Å². The molecule has 0 aliphatic rings. The summed E-state index contributed by atoms with van der Waals surface area (Å²) in [5, 5.41) is 0. The molecule has 0 unspecified atom stereocenters. The zero-order valence-electron chi connectivity index (χ0n) is 16.2. The molecule has 0 heterocycles. The Morgan fingerprint density at radius 1 is 0.786 bits per heavy atom. The molecular weight excluding hydrogens is 410 g/mol. The van der Waals surface area contributed by atoms with E-state index >= 15 is 0 Å². The van der Waals surface area contributed by atoms with Crippen LogP contribution in [0.15, 0.2) is 11.8 Å². The van der Waals surface area contributed by atoms with E-state index < -0.39 is 25.8 Å². The summed E-state index contributed by atoms with van der Waals surface area (Å²) in [6.45, 7) is 1.97. The summed E-state index contributed by atoms with van der Waals surface area (Å²) in [6.07, 6.45) is 7.92. The third-order valence-electron chi connectivity index (χ3n) is 3.65. The number of phosphoric acid groups is 1. The molecule has 0 radical (unpaired) electrons. The van der Waals surface area contributed by atoms with E-state index in [1.54, 1.807) is 0 Å². The zero-order chi connectivity index (χ0) is 22.1. The summed E-state index contributed by atoms with van der Waals surface area (Å²) in [6, 6.07) is -2.17. The lowest BCUT2D eigenvalue weighted by atomic mass is 10.1. The number of halogens is 5. The lowest BCUT2D eigenvalue weighted by Gasteiger charge is -2.07. The normalized spacial score (nSPS) is 12.9. The Morgan fingerprint density at radius 2 is 1.11 bits per heavy atom. The molecule has 170 valence electrons. The minimum Gasteiger partial charge on any atom is -0.469 e. The van der Waals surface area contributed by atoms with Gasteiger partial charge in [0.1, 0.15) is 0 Å². The van der Waals surface area contributed by atoms with Crippen molar-refractivity contribution in [1.29, 1.82) is 0 Å². The van der Waals surface area contributed by atoms with Crippen LogP contribution in [0.3, 0.4) is 0 Å². The van der Waals surface area contributed by atoms with Crippen LogP contribution in [0.25, 0.3) is 0 Å². The van der Waals surface area contributed by atoms with Gasteiger partial charge in [0.25, 0.3) is 5.83 Å². The van der Waals surface area contributed by atoms with Crippen LogP contribution in [-0.2, 0) is 9.30 Å². The smallest absolute Gasteiger partial charge is 0.466 e. The molecule has 0 saturated carbocycles. The second-order valence-electron chi connectivity index (χ2n) is 6.34. The molecule has 0 spiro atoms. The van der Waals surface area contributed by atoms with Crippen molar-refractivity contribution in [2.75, 3.05) is 6.61 Å². The molecule has 5 nitrogen and oxygen atoms in total. The molecule has 0 aliphatic carbocycles. The van der Waals surface area contributed by atoms with Gasteiger partial charge in [-0.2, -0.15) is 22.0 Å². The Bertz CT molecular complexity index is 443. The lowest BCUT2D eigenvalue weighted by molar-refractivity contribution is -0.116. The third kappa shape index (κ3) is 25.3. The summed E-state index contributed by atoms with van der Waals surface area (Å²) in [4.78, 5) is 21.6. The molecule has 0 amide bonds. The van der Waals surface area contributed by atoms with Crippen LogP contribution >= 0.6 is 7.82 Å². The molecule has 0 fully saturated rings. The molecule has 28 heavy (non-hydrogen) atoms. The number of allylic oxidation sites excluding steroid dienone is 1. The molecular formula is C17H32F5O5P. The maximum atomic E-state index is 12.7. The zero-order valence-corrected chi connectivity index (χ0v) is 17.1. The largest absolute Gasteiger partial charge is 0.469 e. The second-order valence-corrected chi connectivity index (χ2v) is 7.36. The van der Waals surface area contributed by atoms with Gasteiger partial charge in [-0.15, -0.1) is 0 Å². The van der Waals surface area contributed by atoms with Gasteiger partial charge in [0.15, 0.2) is 0 Å². The molecule has 0 rings (SSSR count). The first-order valence-corrected chi connectivity index (χ1v) is 11.0. The Labute approximate surface area is 163 Å². The van der Waals surface area contributed by atoms with Crippen molar-refractivity contribution in [3.05, 3.63) is 11.8 Å². The number of unbranched alkanes of at least 4 members (excludes halogenated alkanes) is 11. The molecule has 0 aromatic rings. The van der Waals surface area contributed by atoms with Gasteiger partial charge in [-0.05, 0) is 6.42 Å². The Morgan fingerprint density at radius 3 is 1.43 bits per heavy atom. The fourth-order valence-electron chi connectivity index (χ4n) is 2.28. The van der Waals surface area contributed by atoms with E-state index in [-0.39, 0.29) is 6.61 Å². The van der Waals surface area contributed by atoms with Gasteiger partial charge in [-0.3, -0.25) is 0 Å². The van der Waals surface area contributed by atoms with Crippen molar-refractivity contribution in [2.45, 2.75) is 90.1 Å². The van der Waals surface area contributed by atoms with E-state index in [0.29, 0.717) is 6.42 Å². The fraction of sp³-hybridized carbons (Fsp3) is 0.882. The standard InChI is InChI=1S/C17H29F5O.H3O4P/c1-2-3-4-5-6-7-8-9-10-11-12-13-14-23-16(19)15(18)17(20,21)22;1-5(2,3)4/h2-14H2,1H3;(H3,1,2,3,4). The SMILES string of the molecule is CCCCCCCCCCCCCCOC(F)=C(F)C(F)(F)F.O=P(O)(O)O. The highest BCUT2D eigenvalue weighted by Gasteiger charge is 2.39. The third-order valence-corrected chi connectivity index (χ3v) is 3.65. The van der Waals surface area contributed by atoms with Crippen molar-refractivity contribution in [2.24, 2.45) is 0 Å². The summed E-state index contributed by atoms with van der Waals surface area (Å²) >= 11 is 0. The van der Waals surface area contributed by atoms with E-state index in [4.69, 9.17) is 19.2 Å². The number of ether oxygens (including phenoxy) is 1. The van der Waals surface area contributed by atoms with Crippen LogP contribution in [0, 0.1) is 0 Å². The van der Waals surface area contributed by atoms with Crippen molar-refractivity contribution in [3.8, 4) is 0 Å². The minimum absolute atomic E-state index is 0.229. The van der Waals surface area contributed by atoms with Gasteiger partial charge in [-0.25, -0.2) is 4.57 Å². The van der Waals surface area contributed by atoms with Crippen LogP contribution in [0.5, 0.6) is 0 Å². The average molecular weight is 442 g/mol. The molecule has 3 N–H and O–H groups in total. The Balaban J connectivity index is 0.